The molecular formula is C12H19ClN2. The Labute approximate surface area is 97.7 Å². The maximum absolute atomic E-state index is 6.21. The number of halogens is 1. The summed E-state index contributed by atoms with van der Waals surface area (Å²) in [5.41, 5.74) is 7.26. The van der Waals surface area contributed by atoms with Gasteiger partial charge in [-0.3, -0.25) is 4.98 Å². The van der Waals surface area contributed by atoms with Gasteiger partial charge in [-0.2, -0.15) is 0 Å². The first-order valence-electron chi connectivity index (χ1n) is 5.54. The quantitative estimate of drug-likeness (QED) is 0.842. The molecule has 1 aromatic heterocycles. The van der Waals surface area contributed by atoms with E-state index in [2.05, 4.69) is 4.98 Å². The molecule has 3 heteroatoms. The van der Waals surface area contributed by atoms with Crippen LogP contribution in [-0.2, 0) is 0 Å². The van der Waals surface area contributed by atoms with Gasteiger partial charge in [-0.05, 0) is 30.9 Å². The van der Waals surface area contributed by atoms with Crippen molar-refractivity contribution in [3.63, 3.8) is 0 Å². The van der Waals surface area contributed by atoms with Crippen molar-refractivity contribution in [2.24, 2.45) is 11.7 Å². The summed E-state index contributed by atoms with van der Waals surface area (Å²) in [5, 5.41) is 0. The fourth-order valence-electron chi connectivity index (χ4n) is 2.31. The van der Waals surface area contributed by atoms with Crippen molar-refractivity contribution in [2.45, 2.75) is 38.1 Å². The molecule has 1 unspecified atom stereocenters. The number of nitrogens with zero attached hydrogens (tertiary/aromatic N) is 1. The van der Waals surface area contributed by atoms with Crippen molar-refractivity contribution in [2.75, 3.05) is 0 Å². The van der Waals surface area contributed by atoms with Gasteiger partial charge in [-0.15, -0.1) is 12.4 Å². The zero-order valence-corrected chi connectivity index (χ0v) is 9.75. The maximum Gasteiger partial charge on any atom is 0.0573 e. The molecule has 1 saturated carbocycles. The number of rotatable bonds is 2. The average molecular weight is 227 g/mol. The summed E-state index contributed by atoms with van der Waals surface area (Å²) in [6.07, 6.45) is 8.44. The van der Waals surface area contributed by atoms with Crippen LogP contribution in [0.5, 0.6) is 0 Å². The van der Waals surface area contributed by atoms with Crippen LogP contribution in [0.2, 0.25) is 0 Å². The molecule has 1 fully saturated rings. The lowest BCUT2D eigenvalue weighted by atomic mass is 9.83. The minimum Gasteiger partial charge on any atom is -0.322 e. The number of hydrogen-bond donors (Lipinski definition) is 1. The van der Waals surface area contributed by atoms with Crippen LogP contribution in [0.1, 0.15) is 43.8 Å². The minimum atomic E-state index is 0. The van der Waals surface area contributed by atoms with Gasteiger partial charge in [0.25, 0.3) is 0 Å². The molecule has 0 aliphatic heterocycles. The molecule has 2 rings (SSSR count). The molecule has 1 heterocycles. The van der Waals surface area contributed by atoms with Gasteiger partial charge in [-0.1, -0.05) is 25.3 Å². The molecule has 15 heavy (non-hydrogen) atoms. The lowest BCUT2D eigenvalue weighted by Crippen LogP contribution is -2.24. The molecule has 2 N–H and O–H groups in total. The summed E-state index contributed by atoms with van der Waals surface area (Å²) in [6.45, 7) is 0. The summed E-state index contributed by atoms with van der Waals surface area (Å²) in [7, 11) is 0. The zero-order valence-electron chi connectivity index (χ0n) is 8.93. The Bertz CT molecular complexity index is 270. The van der Waals surface area contributed by atoms with Crippen molar-refractivity contribution in [3.8, 4) is 0 Å². The van der Waals surface area contributed by atoms with Crippen LogP contribution in [-0.4, -0.2) is 4.98 Å². The highest BCUT2D eigenvalue weighted by Gasteiger charge is 2.22. The molecule has 0 aromatic carbocycles. The van der Waals surface area contributed by atoms with Crippen molar-refractivity contribution >= 4 is 12.4 Å². The van der Waals surface area contributed by atoms with Crippen LogP contribution in [0.25, 0.3) is 0 Å². The molecule has 1 atom stereocenters. The topological polar surface area (TPSA) is 38.9 Å². The second kappa shape index (κ2) is 6.09. The Morgan fingerprint density at radius 3 is 2.53 bits per heavy atom. The van der Waals surface area contributed by atoms with Crippen LogP contribution in [0, 0.1) is 5.92 Å². The van der Waals surface area contributed by atoms with E-state index >= 15 is 0 Å². The summed E-state index contributed by atoms with van der Waals surface area (Å²) < 4.78 is 0. The average Bonchev–Trinajstić information content (AvgIpc) is 2.30. The van der Waals surface area contributed by atoms with E-state index in [4.69, 9.17) is 5.73 Å². The van der Waals surface area contributed by atoms with Gasteiger partial charge < -0.3 is 5.73 Å². The molecule has 1 aliphatic rings. The normalized spacial score (nSPS) is 19.3. The summed E-state index contributed by atoms with van der Waals surface area (Å²) in [5.74, 6) is 0.652. The van der Waals surface area contributed by atoms with Gasteiger partial charge >= 0.3 is 0 Å². The van der Waals surface area contributed by atoms with Crippen LogP contribution in [0.3, 0.4) is 0 Å². The van der Waals surface area contributed by atoms with E-state index < -0.39 is 0 Å². The van der Waals surface area contributed by atoms with Crippen LogP contribution >= 0.6 is 12.4 Å². The number of pyridine rings is 1. The molecule has 0 spiro atoms. The largest absolute Gasteiger partial charge is 0.322 e. The van der Waals surface area contributed by atoms with E-state index in [0.717, 1.165) is 5.69 Å². The SMILES string of the molecule is Cl.NC(c1ccccn1)C1CCCCC1. The second-order valence-electron chi connectivity index (χ2n) is 4.18. The van der Waals surface area contributed by atoms with E-state index in [-0.39, 0.29) is 18.4 Å². The van der Waals surface area contributed by atoms with E-state index in [9.17, 15) is 0 Å². The highest BCUT2D eigenvalue weighted by Crippen LogP contribution is 2.31. The Balaban J connectivity index is 0.00000112. The fourth-order valence-corrected chi connectivity index (χ4v) is 2.31. The molecule has 1 aromatic rings. The first kappa shape index (κ1) is 12.5. The highest BCUT2D eigenvalue weighted by molar-refractivity contribution is 5.85. The van der Waals surface area contributed by atoms with Gasteiger partial charge in [0, 0.05) is 12.2 Å². The third-order valence-corrected chi connectivity index (χ3v) is 3.19. The summed E-state index contributed by atoms with van der Waals surface area (Å²) in [4.78, 5) is 4.33. The Kier molecular flexibility index (Phi) is 5.06. The van der Waals surface area contributed by atoms with E-state index in [0.29, 0.717) is 5.92 Å². The highest BCUT2D eigenvalue weighted by atomic mass is 35.5. The second-order valence-corrected chi connectivity index (χ2v) is 4.18. The molecule has 0 radical (unpaired) electrons. The standard InChI is InChI=1S/C12H18N2.ClH/c13-12(10-6-2-1-3-7-10)11-8-4-5-9-14-11;/h4-5,8-10,12H,1-3,6-7,13H2;1H. The van der Waals surface area contributed by atoms with E-state index in [1.54, 1.807) is 0 Å². The number of aromatic nitrogens is 1. The third kappa shape index (κ3) is 3.18. The summed E-state index contributed by atoms with van der Waals surface area (Å²) in [6, 6.07) is 6.15. The van der Waals surface area contributed by atoms with Gasteiger partial charge in [0.2, 0.25) is 0 Å². The van der Waals surface area contributed by atoms with Crippen molar-refractivity contribution in [1.29, 1.82) is 0 Å². The smallest absolute Gasteiger partial charge is 0.0573 e. The van der Waals surface area contributed by atoms with Gasteiger partial charge in [0.05, 0.1) is 5.69 Å². The van der Waals surface area contributed by atoms with Gasteiger partial charge in [0.1, 0.15) is 0 Å². The molecule has 2 nitrogen and oxygen atoms in total. The van der Waals surface area contributed by atoms with E-state index in [1.165, 1.54) is 32.1 Å². The lowest BCUT2D eigenvalue weighted by Gasteiger charge is -2.26. The molecule has 84 valence electrons. The molecular weight excluding hydrogens is 208 g/mol. The molecule has 0 amide bonds. The molecule has 1 aliphatic carbocycles. The first-order valence-corrected chi connectivity index (χ1v) is 5.54. The molecule has 0 bridgehead atoms. The Morgan fingerprint density at radius 1 is 1.20 bits per heavy atom. The van der Waals surface area contributed by atoms with Crippen molar-refractivity contribution in [3.05, 3.63) is 30.1 Å². The van der Waals surface area contributed by atoms with Crippen LogP contribution < -0.4 is 5.73 Å². The Morgan fingerprint density at radius 2 is 1.93 bits per heavy atom. The summed E-state index contributed by atoms with van der Waals surface area (Å²) >= 11 is 0. The number of hydrogen-bond acceptors (Lipinski definition) is 2. The van der Waals surface area contributed by atoms with Crippen LogP contribution in [0.4, 0.5) is 0 Å². The monoisotopic (exact) mass is 226 g/mol. The Hall–Kier alpha value is -0.600. The van der Waals surface area contributed by atoms with Crippen molar-refractivity contribution in [1.82, 2.24) is 4.98 Å². The van der Waals surface area contributed by atoms with Gasteiger partial charge in [-0.25, -0.2) is 0 Å². The predicted molar refractivity (Wildman–Crippen MR) is 65.0 cm³/mol. The predicted octanol–water partition coefficient (Wildman–Crippen LogP) is 3.08. The zero-order chi connectivity index (χ0) is 9.80. The minimum absolute atomic E-state index is 0. The number of nitrogens with two attached hydrogens (primary N) is 1. The fraction of sp³-hybridized carbons (Fsp3) is 0.583. The van der Waals surface area contributed by atoms with E-state index in [1.807, 2.05) is 24.4 Å². The lowest BCUT2D eigenvalue weighted by molar-refractivity contribution is 0.305. The van der Waals surface area contributed by atoms with Gasteiger partial charge in [0.15, 0.2) is 0 Å². The third-order valence-electron chi connectivity index (χ3n) is 3.19. The maximum atomic E-state index is 6.21. The molecule has 0 saturated heterocycles. The van der Waals surface area contributed by atoms with Crippen LogP contribution in [0.15, 0.2) is 24.4 Å². The first-order chi connectivity index (χ1) is 6.88. The van der Waals surface area contributed by atoms with Crippen molar-refractivity contribution < 1.29 is 0 Å².